The summed E-state index contributed by atoms with van der Waals surface area (Å²) in [5, 5.41) is 0. The Labute approximate surface area is 64.2 Å². The third-order valence-electron chi connectivity index (χ3n) is 0.963. The molecule has 1 aromatic rings. The number of thiazole rings is 1. The average Bonchev–Trinajstić information content (AvgIpc) is 2.41. The quantitative estimate of drug-likeness (QED) is 0.489. The maximum atomic E-state index is 5.18. The Morgan fingerprint density at radius 3 is 3.30 bits per heavy atom. The lowest BCUT2D eigenvalue weighted by molar-refractivity contribution is 0.151. The minimum absolute atomic E-state index is 0.609. The second-order valence-corrected chi connectivity index (χ2v) is 2.74. The zero-order valence-corrected chi connectivity index (χ0v) is 6.43. The van der Waals surface area contributed by atoms with Crippen molar-refractivity contribution in [1.29, 1.82) is 0 Å². The summed E-state index contributed by atoms with van der Waals surface area (Å²) >= 11 is 1.60. The Bertz CT molecular complexity index is 183. The molecule has 0 radical (unpaired) electrons. The van der Waals surface area contributed by atoms with Gasteiger partial charge in [-0.15, -0.1) is 17.9 Å². The molecule has 0 saturated heterocycles. The molecule has 0 aliphatic heterocycles. The number of aromatic nitrogens is 1. The van der Waals surface area contributed by atoms with Gasteiger partial charge in [0, 0.05) is 6.20 Å². The van der Waals surface area contributed by atoms with E-state index in [0.29, 0.717) is 13.2 Å². The standard InChI is InChI=1S/C7H9NOS/c1-2-3-9-5-7-4-8-6-10-7/h2,4,6H,1,3,5H2. The Hall–Kier alpha value is -0.670. The van der Waals surface area contributed by atoms with Crippen LogP contribution in [-0.4, -0.2) is 11.6 Å². The maximum Gasteiger partial charge on any atom is 0.0829 e. The van der Waals surface area contributed by atoms with E-state index >= 15 is 0 Å². The molecular weight excluding hydrogens is 146 g/mol. The molecule has 0 amide bonds. The largest absolute Gasteiger partial charge is 0.372 e. The fourth-order valence-corrected chi connectivity index (χ4v) is 1.09. The summed E-state index contributed by atoms with van der Waals surface area (Å²) in [4.78, 5) is 5.07. The molecule has 1 heterocycles. The maximum absolute atomic E-state index is 5.18. The molecule has 0 fully saturated rings. The first-order valence-electron chi connectivity index (χ1n) is 2.99. The molecule has 1 aromatic heterocycles. The van der Waals surface area contributed by atoms with Crippen LogP contribution >= 0.6 is 11.3 Å². The highest BCUT2D eigenvalue weighted by atomic mass is 32.1. The summed E-state index contributed by atoms with van der Waals surface area (Å²) in [6.45, 7) is 4.80. The Morgan fingerprint density at radius 1 is 1.80 bits per heavy atom. The fourth-order valence-electron chi connectivity index (χ4n) is 0.556. The van der Waals surface area contributed by atoms with Crippen molar-refractivity contribution in [2.45, 2.75) is 6.61 Å². The highest BCUT2D eigenvalue weighted by Gasteiger charge is 1.91. The van der Waals surface area contributed by atoms with Crippen molar-refractivity contribution in [3.63, 3.8) is 0 Å². The third-order valence-corrected chi connectivity index (χ3v) is 1.72. The van der Waals surface area contributed by atoms with E-state index in [1.807, 2.05) is 6.20 Å². The van der Waals surface area contributed by atoms with Gasteiger partial charge in [-0.05, 0) is 0 Å². The van der Waals surface area contributed by atoms with Crippen molar-refractivity contribution in [1.82, 2.24) is 4.98 Å². The molecular formula is C7H9NOS. The van der Waals surface area contributed by atoms with Crippen molar-refractivity contribution < 1.29 is 4.74 Å². The predicted octanol–water partition coefficient (Wildman–Crippen LogP) is 1.85. The summed E-state index contributed by atoms with van der Waals surface area (Å²) in [5.41, 5.74) is 1.80. The van der Waals surface area contributed by atoms with Crippen LogP contribution in [0.25, 0.3) is 0 Å². The Balaban J connectivity index is 2.21. The van der Waals surface area contributed by atoms with Gasteiger partial charge < -0.3 is 4.74 Å². The van der Waals surface area contributed by atoms with Gasteiger partial charge in [0.15, 0.2) is 0 Å². The zero-order chi connectivity index (χ0) is 7.23. The summed E-state index contributed by atoms with van der Waals surface area (Å²) < 4.78 is 5.18. The first kappa shape index (κ1) is 7.44. The molecule has 0 saturated carbocycles. The average molecular weight is 155 g/mol. The van der Waals surface area contributed by atoms with E-state index < -0.39 is 0 Å². The SMILES string of the molecule is C=CCOCc1cncs1. The van der Waals surface area contributed by atoms with Gasteiger partial charge in [0.2, 0.25) is 0 Å². The second kappa shape index (κ2) is 4.19. The van der Waals surface area contributed by atoms with Crippen LogP contribution in [0.2, 0.25) is 0 Å². The molecule has 0 aromatic carbocycles. The van der Waals surface area contributed by atoms with Crippen molar-refractivity contribution in [3.05, 3.63) is 29.2 Å². The van der Waals surface area contributed by atoms with E-state index in [1.165, 1.54) is 0 Å². The van der Waals surface area contributed by atoms with Crippen LogP contribution in [0.3, 0.4) is 0 Å². The van der Waals surface area contributed by atoms with Crippen molar-refractivity contribution in [2.24, 2.45) is 0 Å². The molecule has 0 aliphatic carbocycles. The van der Waals surface area contributed by atoms with Gasteiger partial charge in [-0.1, -0.05) is 6.08 Å². The van der Waals surface area contributed by atoms with Gasteiger partial charge in [0.1, 0.15) is 0 Å². The van der Waals surface area contributed by atoms with Gasteiger partial charge in [-0.2, -0.15) is 0 Å². The lowest BCUT2D eigenvalue weighted by atomic mass is 10.6. The summed E-state index contributed by atoms with van der Waals surface area (Å²) in [6, 6.07) is 0. The van der Waals surface area contributed by atoms with Crippen molar-refractivity contribution >= 4 is 11.3 Å². The lowest BCUT2D eigenvalue weighted by Gasteiger charge is -1.94. The second-order valence-electron chi connectivity index (χ2n) is 1.77. The number of hydrogen-bond donors (Lipinski definition) is 0. The van der Waals surface area contributed by atoms with Gasteiger partial charge in [0.25, 0.3) is 0 Å². The minimum Gasteiger partial charge on any atom is -0.372 e. The molecule has 0 bridgehead atoms. The van der Waals surface area contributed by atoms with E-state index in [1.54, 1.807) is 22.9 Å². The molecule has 0 N–H and O–H groups in total. The van der Waals surface area contributed by atoms with Crippen LogP contribution in [0.15, 0.2) is 24.4 Å². The molecule has 10 heavy (non-hydrogen) atoms. The number of ether oxygens (including phenoxy) is 1. The monoisotopic (exact) mass is 155 g/mol. The molecule has 2 nitrogen and oxygen atoms in total. The van der Waals surface area contributed by atoms with Gasteiger partial charge in [0.05, 0.1) is 23.6 Å². The van der Waals surface area contributed by atoms with Gasteiger partial charge >= 0.3 is 0 Å². The van der Waals surface area contributed by atoms with Crippen LogP contribution in [0, 0.1) is 0 Å². The number of rotatable bonds is 4. The van der Waals surface area contributed by atoms with Crippen LogP contribution in [0.5, 0.6) is 0 Å². The van der Waals surface area contributed by atoms with E-state index in [9.17, 15) is 0 Å². The topological polar surface area (TPSA) is 22.1 Å². The van der Waals surface area contributed by atoms with E-state index in [4.69, 9.17) is 4.74 Å². The smallest absolute Gasteiger partial charge is 0.0829 e. The van der Waals surface area contributed by atoms with Crippen LogP contribution in [-0.2, 0) is 11.3 Å². The Kier molecular flexibility index (Phi) is 3.12. The van der Waals surface area contributed by atoms with E-state index in [2.05, 4.69) is 11.6 Å². The summed E-state index contributed by atoms with van der Waals surface area (Å²) in [5.74, 6) is 0. The van der Waals surface area contributed by atoms with Crippen molar-refractivity contribution in [2.75, 3.05) is 6.61 Å². The fraction of sp³-hybridized carbons (Fsp3) is 0.286. The molecule has 0 aliphatic rings. The summed E-state index contributed by atoms with van der Waals surface area (Å²) in [7, 11) is 0. The minimum atomic E-state index is 0.609. The molecule has 54 valence electrons. The molecule has 3 heteroatoms. The molecule has 0 unspecified atom stereocenters. The predicted molar refractivity (Wildman–Crippen MR) is 42.0 cm³/mol. The first-order valence-corrected chi connectivity index (χ1v) is 3.87. The molecule has 1 rings (SSSR count). The normalized spacial score (nSPS) is 9.60. The molecule has 0 atom stereocenters. The number of hydrogen-bond acceptors (Lipinski definition) is 3. The van der Waals surface area contributed by atoms with Crippen LogP contribution in [0.4, 0.5) is 0 Å². The van der Waals surface area contributed by atoms with Crippen LogP contribution in [0.1, 0.15) is 4.88 Å². The van der Waals surface area contributed by atoms with E-state index in [0.717, 1.165) is 4.88 Å². The zero-order valence-electron chi connectivity index (χ0n) is 5.62. The Morgan fingerprint density at radius 2 is 2.70 bits per heavy atom. The third kappa shape index (κ3) is 2.29. The van der Waals surface area contributed by atoms with Crippen molar-refractivity contribution in [3.8, 4) is 0 Å². The lowest BCUT2D eigenvalue weighted by Crippen LogP contribution is -1.88. The highest BCUT2D eigenvalue weighted by Crippen LogP contribution is 2.06. The molecule has 0 spiro atoms. The van der Waals surface area contributed by atoms with Crippen LogP contribution < -0.4 is 0 Å². The van der Waals surface area contributed by atoms with Gasteiger partial charge in [-0.25, -0.2) is 0 Å². The van der Waals surface area contributed by atoms with E-state index in [-0.39, 0.29) is 0 Å². The number of nitrogens with zero attached hydrogens (tertiary/aromatic N) is 1. The first-order chi connectivity index (χ1) is 4.93. The summed E-state index contributed by atoms with van der Waals surface area (Å²) in [6.07, 6.45) is 3.55. The highest BCUT2D eigenvalue weighted by molar-refractivity contribution is 7.09. The van der Waals surface area contributed by atoms with Gasteiger partial charge in [-0.3, -0.25) is 4.98 Å².